The molecule has 3 aromatic heterocycles. The quantitative estimate of drug-likeness (QED) is 0.156. The lowest BCUT2D eigenvalue weighted by Gasteiger charge is -2.52. The van der Waals surface area contributed by atoms with E-state index in [9.17, 15) is 9.59 Å². The van der Waals surface area contributed by atoms with Crippen molar-refractivity contribution in [1.29, 1.82) is 0 Å². The number of nitrogens with zero attached hydrogens (tertiary/aromatic N) is 5. The highest BCUT2D eigenvalue weighted by molar-refractivity contribution is 7.10. The van der Waals surface area contributed by atoms with Crippen LogP contribution in [-0.2, 0) is 55.8 Å². The number of thiazole rings is 1. The Hall–Kier alpha value is -4.33. The van der Waals surface area contributed by atoms with Gasteiger partial charge in [0.25, 0.3) is 11.8 Å². The number of esters is 1. The van der Waals surface area contributed by atoms with Crippen LogP contribution >= 0.6 is 11.3 Å². The number of amides is 2. The number of rotatable bonds is 11. The minimum absolute atomic E-state index is 0.0866. The summed E-state index contributed by atoms with van der Waals surface area (Å²) in [6.45, 7) is 16.5. The summed E-state index contributed by atoms with van der Waals surface area (Å²) in [5.74, 6) is -1.08. The molecule has 0 spiro atoms. The summed E-state index contributed by atoms with van der Waals surface area (Å²) in [5, 5.41) is 8.55. The first kappa shape index (κ1) is 48.3. The fourth-order valence-electron chi connectivity index (χ4n) is 11.8. The van der Waals surface area contributed by atoms with Crippen molar-refractivity contribution in [1.82, 2.24) is 35.2 Å². The van der Waals surface area contributed by atoms with Crippen LogP contribution in [0.3, 0.4) is 0 Å². The molecule has 5 atom stereocenters. The van der Waals surface area contributed by atoms with Crippen LogP contribution in [0.5, 0.6) is 0 Å². The number of fused-ring (bicyclic) bond motifs is 7. The molecular formula is C52H69N7O9S. The Morgan fingerprint density at radius 2 is 1.86 bits per heavy atom. The smallest absolute Gasteiger partial charge is 0.324 e. The van der Waals surface area contributed by atoms with Crippen molar-refractivity contribution in [2.45, 2.75) is 141 Å². The zero-order valence-corrected chi connectivity index (χ0v) is 42.2. The highest BCUT2D eigenvalue weighted by Crippen LogP contribution is 2.61. The molecule has 1 saturated carbocycles. The molecule has 6 fully saturated rings. The van der Waals surface area contributed by atoms with E-state index in [0.29, 0.717) is 83.1 Å². The van der Waals surface area contributed by atoms with E-state index in [2.05, 4.69) is 70.6 Å². The molecule has 4 aromatic rings. The molecule has 372 valence electrons. The van der Waals surface area contributed by atoms with Crippen molar-refractivity contribution < 1.29 is 42.8 Å². The van der Waals surface area contributed by atoms with Crippen LogP contribution in [0, 0.1) is 10.8 Å². The number of cyclic esters (lactones) is 1. The van der Waals surface area contributed by atoms with Gasteiger partial charge in [-0.3, -0.25) is 29.3 Å². The van der Waals surface area contributed by atoms with E-state index in [1.54, 1.807) is 14.2 Å². The van der Waals surface area contributed by atoms with Gasteiger partial charge in [-0.2, -0.15) is 0 Å². The van der Waals surface area contributed by atoms with Gasteiger partial charge in [-0.05, 0) is 95.5 Å². The number of benzene rings is 1. The van der Waals surface area contributed by atoms with E-state index in [1.807, 2.05) is 33.0 Å². The number of carbonyl (C=O) groups excluding carboxylic acids is 3. The number of carbonyl (C=O) groups is 3. The number of nitrogens with one attached hydrogen (secondary N) is 2. The topological polar surface area (TPSA) is 168 Å². The molecule has 11 rings (SSSR count). The van der Waals surface area contributed by atoms with Crippen LogP contribution in [0.4, 0.5) is 0 Å². The SMILES string of the molecule is CO[C@@H](C)c1ncccc1-c1c2c3cc(ccc3n1CCOC1CCOCC1)-c1csc(n1)[C@@H](N1CC(C)(OC)C1)[C@H](NC(=O)C13CC(C)(C1)[C@H](C)O3)C(=O)N1CCC[C@H](N1)C(=O)OCC(C)(C)C2. The summed E-state index contributed by atoms with van der Waals surface area (Å²) in [6, 6.07) is 8.10. The predicted molar refractivity (Wildman–Crippen MR) is 260 cm³/mol. The summed E-state index contributed by atoms with van der Waals surface area (Å²) in [5.41, 5.74) is 7.76. The minimum atomic E-state index is -1.07. The number of hydrazine groups is 1. The lowest BCUT2D eigenvalue weighted by Crippen LogP contribution is -2.69. The summed E-state index contributed by atoms with van der Waals surface area (Å²) in [6.07, 6.45) is 6.08. The second-order valence-electron chi connectivity index (χ2n) is 21.8. The lowest BCUT2D eigenvalue weighted by atomic mass is 9.61. The number of likely N-dealkylation sites (tertiary alicyclic amines) is 1. The van der Waals surface area contributed by atoms with Crippen LogP contribution in [0.1, 0.15) is 108 Å². The monoisotopic (exact) mass is 967 g/mol. The number of hydrogen-bond donors (Lipinski definition) is 2. The van der Waals surface area contributed by atoms with Gasteiger partial charge in [0.05, 0.1) is 60.3 Å². The Morgan fingerprint density at radius 1 is 1.07 bits per heavy atom. The van der Waals surface area contributed by atoms with Crippen molar-refractivity contribution >= 4 is 40.0 Å². The van der Waals surface area contributed by atoms with E-state index in [-0.39, 0.29) is 42.1 Å². The van der Waals surface area contributed by atoms with Crippen LogP contribution in [0.2, 0.25) is 0 Å². The van der Waals surface area contributed by atoms with E-state index in [4.69, 9.17) is 38.4 Å². The Morgan fingerprint density at radius 3 is 2.58 bits per heavy atom. The molecule has 2 amide bonds. The zero-order valence-electron chi connectivity index (χ0n) is 41.4. The summed E-state index contributed by atoms with van der Waals surface area (Å²) in [4.78, 5) is 56.5. The number of hydrogen-bond acceptors (Lipinski definition) is 14. The Balaban J connectivity index is 1.12. The van der Waals surface area contributed by atoms with Crippen molar-refractivity contribution in [3.63, 3.8) is 0 Å². The largest absolute Gasteiger partial charge is 0.464 e. The minimum Gasteiger partial charge on any atom is -0.464 e. The first-order valence-electron chi connectivity index (χ1n) is 24.8. The first-order valence-corrected chi connectivity index (χ1v) is 25.7. The fourth-order valence-corrected chi connectivity index (χ4v) is 12.8. The van der Waals surface area contributed by atoms with Gasteiger partial charge in [0.1, 0.15) is 22.7 Å². The van der Waals surface area contributed by atoms with E-state index in [1.165, 1.54) is 16.3 Å². The maximum absolute atomic E-state index is 15.2. The molecule has 5 saturated heterocycles. The van der Waals surface area contributed by atoms with Crippen molar-refractivity contribution in [3.05, 3.63) is 58.2 Å². The zero-order chi connectivity index (χ0) is 48.5. The van der Waals surface area contributed by atoms with Gasteiger partial charge in [0.2, 0.25) is 0 Å². The molecule has 1 aromatic carbocycles. The van der Waals surface area contributed by atoms with Gasteiger partial charge >= 0.3 is 5.97 Å². The summed E-state index contributed by atoms with van der Waals surface area (Å²) >= 11 is 1.48. The van der Waals surface area contributed by atoms with E-state index >= 15 is 4.79 Å². The van der Waals surface area contributed by atoms with E-state index < -0.39 is 40.7 Å². The van der Waals surface area contributed by atoms with Crippen molar-refractivity contribution in [2.75, 3.05) is 60.3 Å². The third-order valence-electron chi connectivity index (χ3n) is 15.9. The second kappa shape index (κ2) is 18.7. The maximum Gasteiger partial charge on any atom is 0.324 e. The van der Waals surface area contributed by atoms with Crippen molar-refractivity contribution in [3.8, 4) is 22.5 Å². The van der Waals surface area contributed by atoms with Gasteiger partial charge in [0, 0.05) is 98.0 Å². The molecule has 6 aliphatic heterocycles. The van der Waals surface area contributed by atoms with Gasteiger partial charge in [-0.15, -0.1) is 11.3 Å². The Bertz CT molecular complexity index is 2570. The Labute approximate surface area is 409 Å². The molecular weight excluding hydrogens is 899 g/mol. The number of aromatic nitrogens is 3. The molecule has 0 radical (unpaired) electrons. The summed E-state index contributed by atoms with van der Waals surface area (Å²) < 4.78 is 39.0. The standard InChI is InChI=1S/C52H69N7O9S/c1-31(63-7)41-35(11-9-17-53-41)43-37-24-49(3,4)30-67-47(61)38-12-10-18-59(56-38)46(60)42(55-48(62)52-26-50(5,27-52)32(2)68-52)44(57-28-51(6,29-57)64-8)45-54-39(25-69-45)33-13-14-40(36(37)23-33)58(43)19-22-66-34-15-20-65-21-16-34/h9,11,13-14,17,23,25,31-32,34,38,42,44,56H,10,12,15-16,18-22,24,26-30H2,1-8H3,(H,55,62)/t31-,32-,38-,42-,44-,50?,52?/m0/s1. The number of methoxy groups -OCH3 is 2. The highest BCUT2D eigenvalue weighted by Gasteiger charge is 2.68. The van der Waals surface area contributed by atoms with Crippen molar-refractivity contribution in [2.24, 2.45) is 10.8 Å². The highest BCUT2D eigenvalue weighted by atomic mass is 32.1. The molecule has 16 nitrogen and oxygen atoms in total. The van der Waals surface area contributed by atoms with Crippen LogP contribution in [0.15, 0.2) is 41.9 Å². The molecule has 0 unspecified atom stereocenters. The fraction of sp³-hybridized carbons (Fsp3) is 0.635. The average molecular weight is 968 g/mol. The first-order chi connectivity index (χ1) is 33.0. The van der Waals surface area contributed by atoms with Gasteiger partial charge in [-0.25, -0.2) is 10.4 Å². The molecule has 8 bridgehead atoms. The normalized spacial score (nSPS) is 29.8. The van der Waals surface area contributed by atoms with Gasteiger partial charge < -0.3 is 38.3 Å². The third-order valence-corrected chi connectivity index (χ3v) is 16.8. The third kappa shape index (κ3) is 9.04. The number of ether oxygens (including phenoxy) is 6. The second-order valence-corrected chi connectivity index (χ2v) is 22.6. The molecule has 9 heterocycles. The lowest BCUT2D eigenvalue weighted by molar-refractivity contribution is -0.162. The predicted octanol–water partition coefficient (Wildman–Crippen LogP) is 6.56. The summed E-state index contributed by atoms with van der Waals surface area (Å²) in [7, 11) is 3.40. The van der Waals surface area contributed by atoms with E-state index in [0.717, 1.165) is 57.5 Å². The van der Waals surface area contributed by atoms with Crippen LogP contribution in [-0.4, -0.2) is 138 Å². The van der Waals surface area contributed by atoms with Gasteiger partial charge in [0.15, 0.2) is 0 Å². The average Bonchev–Trinajstić information content (AvgIpc) is 4.07. The Kier molecular flexibility index (Phi) is 13.1. The molecule has 2 N–H and O–H groups in total. The molecule has 69 heavy (non-hydrogen) atoms. The molecule has 1 aliphatic carbocycles. The molecule has 7 aliphatic rings. The van der Waals surface area contributed by atoms with Crippen LogP contribution < -0.4 is 10.7 Å². The van der Waals surface area contributed by atoms with Crippen LogP contribution in [0.25, 0.3) is 33.4 Å². The molecule has 17 heteroatoms. The maximum atomic E-state index is 15.2. The van der Waals surface area contributed by atoms with Gasteiger partial charge in [-0.1, -0.05) is 26.8 Å². The number of pyridine rings is 1.